The summed E-state index contributed by atoms with van der Waals surface area (Å²) in [4.78, 5) is 31.8. The summed E-state index contributed by atoms with van der Waals surface area (Å²) in [5, 5.41) is 4.45. The van der Waals surface area contributed by atoms with E-state index in [4.69, 9.17) is 4.98 Å². The van der Waals surface area contributed by atoms with E-state index in [1.165, 1.54) is 28.6 Å². The van der Waals surface area contributed by atoms with Gasteiger partial charge in [0.15, 0.2) is 5.16 Å². The first-order chi connectivity index (χ1) is 12.0. The van der Waals surface area contributed by atoms with Crippen LogP contribution in [0.2, 0.25) is 0 Å². The second-order valence-corrected chi connectivity index (χ2v) is 8.55. The molecule has 1 aliphatic carbocycles. The molecule has 5 nitrogen and oxygen atoms in total. The number of nitrogens with one attached hydrogen (secondary N) is 1. The number of carbonyl (C=O) groups is 1. The molecule has 2 aromatic rings. The topological polar surface area (TPSA) is 64.0 Å². The van der Waals surface area contributed by atoms with Crippen LogP contribution in [0.5, 0.6) is 0 Å². The van der Waals surface area contributed by atoms with E-state index >= 15 is 0 Å². The van der Waals surface area contributed by atoms with Gasteiger partial charge in [0.25, 0.3) is 5.56 Å². The molecule has 0 spiro atoms. The Morgan fingerprint density at radius 1 is 1.32 bits per heavy atom. The summed E-state index contributed by atoms with van der Waals surface area (Å²) < 4.78 is 1.60. The Morgan fingerprint density at radius 2 is 2.04 bits per heavy atom. The van der Waals surface area contributed by atoms with E-state index in [0.29, 0.717) is 5.16 Å². The van der Waals surface area contributed by atoms with Crippen LogP contribution >= 0.6 is 23.1 Å². The molecule has 0 unspecified atom stereocenters. The van der Waals surface area contributed by atoms with Gasteiger partial charge in [-0.25, -0.2) is 4.98 Å². The number of hydrogen-bond acceptors (Lipinski definition) is 5. The molecule has 0 saturated carbocycles. The minimum absolute atomic E-state index is 0.00137. The highest BCUT2D eigenvalue weighted by Gasteiger charge is 2.21. The number of aryl methyl sites for hydroxylation is 2. The molecule has 0 saturated heterocycles. The second-order valence-electron chi connectivity index (χ2n) is 6.52. The highest BCUT2D eigenvalue weighted by Crippen LogP contribution is 2.34. The third-order valence-electron chi connectivity index (χ3n) is 4.84. The van der Waals surface area contributed by atoms with Crippen molar-refractivity contribution in [3.05, 3.63) is 20.8 Å². The van der Waals surface area contributed by atoms with Crippen LogP contribution in [-0.2, 0) is 24.7 Å². The first kappa shape index (κ1) is 18.5. The Bertz CT molecular complexity index is 837. The summed E-state index contributed by atoms with van der Waals surface area (Å²) in [5.41, 5.74) is 1.23. The van der Waals surface area contributed by atoms with E-state index in [1.807, 2.05) is 0 Å². The molecule has 7 heteroatoms. The number of thiophene rings is 1. The summed E-state index contributed by atoms with van der Waals surface area (Å²) in [6.07, 6.45) is 6.23. The monoisotopic (exact) mass is 379 g/mol. The number of amides is 1. The van der Waals surface area contributed by atoms with Crippen LogP contribution in [0.3, 0.4) is 0 Å². The number of thioether (sulfide) groups is 1. The number of hydrogen-bond donors (Lipinski definition) is 1. The lowest BCUT2D eigenvalue weighted by Crippen LogP contribution is -2.35. The van der Waals surface area contributed by atoms with Gasteiger partial charge >= 0.3 is 0 Å². The number of nitrogens with zero attached hydrogens (tertiary/aromatic N) is 2. The molecule has 2 heterocycles. The van der Waals surface area contributed by atoms with Gasteiger partial charge in [-0.3, -0.25) is 14.2 Å². The Morgan fingerprint density at radius 3 is 2.76 bits per heavy atom. The molecule has 1 amide bonds. The zero-order valence-electron chi connectivity index (χ0n) is 15.1. The summed E-state index contributed by atoms with van der Waals surface area (Å²) in [7, 11) is 1.75. The van der Waals surface area contributed by atoms with Crippen LogP contribution in [0.25, 0.3) is 10.2 Å². The lowest BCUT2D eigenvalue weighted by atomic mass is 9.97. The molecule has 0 aliphatic heterocycles. The second kappa shape index (κ2) is 7.91. The molecule has 2 aromatic heterocycles. The van der Waals surface area contributed by atoms with Gasteiger partial charge in [0, 0.05) is 18.0 Å². The minimum atomic E-state index is -0.00137. The first-order valence-corrected chi connectivity index (χ1v) is 10.8. The van der Waals surface area contributed by atoms with Crippen LogP contribution in [-0.4, -0.2) is 27.3 Å². The lowest BCUT2D eigenvalue weighted by Gasteiger charge is -2.14. The molecule has 0 atom stereocenters. The number of rotatable bonds is 6. The number of aromatic nitrogens is 2. The average Bonchev–Trinajstić information content (AvgIpc) is 2.99. The molecule has 1 N–H and O–H groups in total. The van der Waals surface area contributed by atoms with Crippen molar-refractivity contribution in [3.63, 3.8) is 0 Å². The van der Waals surface area contributed by atoms with Crippen molar-refractivity contribution in [2.75, 3.05) is 5.75 Å². The van der Waals surface area contributed by atoms with Gasteiger partial charge < -0.3 is 5.32 Å². The van der Waals surface area contributed by atoms with Crippen molar-refractivity contribution in [2.45, 2.75) is 63.6 Å². The molecule has 0 radical (unpaired) electrons. The van der Waals surface area contributed by atoms with Crippen molar-refractivity contribution < 1.29 is 4.79 Å². The van der Waals surface area contributed by atoms with Crippen molar-refractivity contribution in [3.8, 4) is 0 Å². The summed E-state index contributed by atoms with van der Waals surface area (Å²) in [5.74, 6) is 0.284. The maximum absolute atomic E-state index is 12.8. The smallest absolute Gasteiger partial charge is 0.262 e. The van der Waals surface area contributed by atoms with Gasteiger partial charge in [-0.15, -0.1) is 11.3 Å². The zero-order chi connectivity index (χ0) is 18.0. The predicted molar refractivity (Wildman–Crippen MR) is 105 cm³/mol. The fourth-order valence-corrected chi connectivity index (χ4v) is 5.37. The predicted octanol–water partition coefficient (Wildman–Crippen LogP) is 3.27. The van der Waals surface area contributed by atoms with Gasteiger partial charge in [0.2, 0.25) is 5.91 Å². The fraction of sp³-hybridized carbons (Fsp3) is 0.611. The van der Waals surface area contributed by atoms with E-state index in [1.54, 1.807) is 23.0 Å². The molecular weight excluding hydrogens is 354 g/mol. The largest absolute Gasteiger partial charge is 0.353 e. The van der Waals surface area contributed by atoms with E-state index in [2.05, 4.69) is 19.2 Å². The van der Waals surface area contributed by atoms with E-state index in [0.717, 1.165) is 42.3 Å². The van der Waals surface area contributed by atoms with Crippen molar-refractivity contribution in [1.82, 2.24) is 14.9 Å². The van der Waals surface area contributed by atoms with Crippen LogP contribution in [0.4, 0.5) is 0 Å². The van der Waals surface area contributed by atoms with Gasteiger partial charge in [-0.1, -0.05) is 25.6 Å². The minimum Gasteiger partial charge on any atom is -0.353 e. The Kier molecular flexibility index (Phi) is 5.84. The normalized spacial score (nSPS) is 14.1. The van der Waals surface area contributed by atoms with E-state index in [9.17, 15) is 9.59 Å². The summed E-state index contributed by atoms with van der Waals surface area (Å²) >= 11 is 2.99. The lowest BCUT2D eigenvalue weighted by molar-refractivity contribution is -0.119. The molecule has 136 valence electrons. The number of carbonyl (C=O) groups excluding carboxylic acids is 1. The highest BCUT2D eigenvalue weighted by molar-refractivity contribution is 7.99. The summed E-state index contributed by atoms with van der Waals surface area (Å²) in [6, 6.07) is 0.219. The Balaban J connectivity index is 1.82. The van der Waals surface area contributed by atoms with Gasteiger partial charge in [0.05, 0.1) is 11.1 Å². The molecule has 0 bridgehead atoms. The Labute approximate surface area is 156 Å². The van der Waals surface area contributed by atoms with Crippen LogP contribution in [0.1, 0.15) is 50.0 Å². The molecule has 25 heavy (non-hydrogen) atoms. The van der Waals surface area contributed by atoms with Gasteiger partial charge in [-0.05, 0) is 44.1 Å². The Hall–Kier alpha value is -1.34. The standard InChI is InChI=1S/C18H25N3O2S2/c1-4-11(5-2)19-14(22)10-24-18-20-16-15(17(23)21(18)3)12-8-6-7-9-13(12)25-16/h11H,4-10H2,1-3H3,(H,19,22). The van der Waals surface area contributed by atoms with Crippen LogP contribution in [0.15, 0.2) is 9.95 Å². The van der Waals surface area contributed by atoms with E-state index in [-0.39, 0.29) is 23.3 Å². The third-order valence-corrected chi connectivity index (χ3v) is 7.05. The molecule has 0 fully saturated rings. The van der Waals surface area contributed by atoms with Crippen molar-refractivity contribution in [2.24, 2.45) is 7.05 Å². The summed E-state index contributed by atoms with van der Waals surface area (Å²) in [6.45, 7) is 4.14. The maximum atomic E-state index is 12.8. The van der Waals surface area contributed by atoms with Gasteiger partial charge in [-0.2, -0.15) is 0 Å². The SMILES string of the molecule is CCC(CC)NC(=O)CSc1nc2sc3c(c2c(=O)n1C)CCCC3. The highest BCUT2D eigenvalue weighted by atomic mass is 32.2. The molecule has 1 aliphatic rings. The number of fused-ring (bicyclic) bond motifs is 3. The third kappa shape index (κ3) is 3.77. The van der Waals surface area contributed by atoms with Gasteiger partial charge in [0.1, 0.15) is 4.83 Å². The molecule has 3 rings (SSSR count). The van der Waals surface area contributed by atoms with Crippen molar-refractivity contribution in [1.29, 1.82) is 0 Å². The van der Waals surface area contributed by atoms with E-state index < -0.39 is 0 Å². The average molecular weight is 380 g/mol. The van der Waals surface area contributed by atoms with Crippen LogP contribution < -0.4 is 10.9 Å². The quantitative estimate of drug-likeness (QED) is 0.618. The van der Waals surface area contributed by atoms with Crippen LogP contribution in [0, 0.1) is 0 Å². The maximum Gasteiger partial charge on any atom is 0.262 e. The zero-order valence-corrected chi connectivity index (χ0v) is 16.7. The fourth-order valence-electron chi connectivity index (χ4n) is 3.29. The molecule has 0 aromatic carbocycles. The first-order valence-electron chi connectivity index (χ1n) is 8.98. The molecular formula is C18H25N3O2S2. The van der Waals surface area contributed by atoms with Crippen molar-refractivity contribution >= 4 is 39.2 Å².